The maximum Gasteiger partial charge on any atom is 0.114 e. The molecule has 0 aromatic heterocycles. The fourth-order valence-electron chi connectivity index (χ4n) is 2.40. The number of hydrogen-bond acceptors (Lipinski definition) is 0. The summed E-state index contributed by atoms with van der Waals surface area (Å²) in [5, 5.41) is 1.13. The third-order valence-electron chi connectivity index (χ3n) is 3.77. The molecule has 0 fully saturated rings. The quantitative estimate of drug-likeness (QED) is 0.568. The first-order valence-electron chi connectivity index (χ1n) is 7.60. The summed E-state index contributed by atoms with van der Waals surface area (Å²) in [6, 6.07) is 5.32. The standard InChI is InChI=1S/C19H30FP/c1-17(2,3)13-10-14(18(4,5)6)16(21-12-20)15(11-13)19(7,8)9/h10-12H,1-9H3. The van der Waals surface area contributed by atoms with Crippen molar-refractivity contribution in [1.29, 1.82) is 0 Å². The summed E-state index contributed by atoms with van der Waals surface area (Å²) in [6.45, 7) is 19.9. The van der Waals surface area contributed by atoms with Crippen LogP contribution in [0.5, 0.6) is 0 Å². The zero-order chi connectivity index (χ0) is 16.6. The third kappa shape index (κ3) is 4.39. The Morgan fingerprint density at radius 1 is 0.762 bits per heavy atom. The van der Waals surface area contributed by atoms with E-state index in [2.05, 4.69) is 74.4 Å². The van der Waals surface area contributed by atoms with Crippen LogP contribution in [0.1, 0.15) is 79.0 Å². The molecule has 0 saturated carbocycles. The Labute approximate surface area is 132 Å². The van der Waals surface area contributed by atoms with Gasteiger partial charge in [-0.05, 0) is 41.1 Å². The van der Waals surface area contributed by atoms with Crippen LogP contribution in [0.4, 0.5) is 4.39 Å². The van der Waals surface area contributed by atoms with Gasteiger partial charge >= 0.3 is 0 Å². The van der Waals surface area contributed by atoms with E-state index < -0.39 is 0 Å². The number of benzene rings is 1. The first-order valence-corrected chi connectivity index (χ1v) is 8.57. The molecule has 1 aromatic carbocycles. The van der Waals surface area contributed by atoms with Crippen LogP contribution in [0.3, 0.4) is 0 Å². The van der Waals surface area contributed by atoms with Gasteiger partial charge in [0.05, 0.1) is 0 Å². The van der Waals surface area contributed by atoms with Crippen molar-refractivity contribution >= 4 is 19.6 Å². The molecule has 21 heavy (non-hydrogen) atoms. The summed E-state index contributed by atoms with van der Waals surface area (Å²) in [7, 11) is 0.665. The summed E-state index contributed by atoms with van der Waals surface area (Å²) >= 11 is 0. The van der Waals surface area contributed by atoms with Gasteiger partial charge in [-0.2, -0.15) is 0 Å². The van der Waals surface area contributed by atoms with Crippen LogP contribution < -0.4 is 5.30 Å². The minimum absolute atomic E-state index is 0.00655. The molecule has 0 spiro atoms. The van der Waals surface area contributed by atoms with E-state index in [1.165, 1.54) is 16.7 Å². The SMILES string of the molecule is CC(C)(C)c1cc(C(C)(C)C)c(P=CF)c(C(C)(C)C)c1. The van der Waals surface area contributed by atoms with Crippen LogP contribution >= 0.6 is 8.20 Å². The molecule has 0 heterocycles. The molecular formula is C19H30FP. The van der Waals surface area contributed by atoms with Gasteiger partial charge in [0.2, 0.25) is 0 Å². The van der Waals surface area contributed by atoms with Crippen molar-refractivity contribution in [2.75, 3.05) is 0 Å². The minimum atomic E-state index is 0.00655. The van der Waals surface area contributed by atoms with Gasteiger partial charge in [0.15, 0.2) is 0 Å². The van der Waals surface area contributed by atoms with Crippen LogP contribution in [0, 0.1) is 0 Å². The highest BCUT2D eigenvalue weighted by Crippen LogP contribution is 2.35. The van der Waals surface area contributed by atoms with Gasteiger partial charge in [0.25, 0.3) is 0 Å². The maximum atomic E-state index is 13.0. The van der Waals surface area contributed by atoms with Crippen molar-refractivity contribution < 1.29 is 4.39 Å². The molecule has 0 bridgehead atoms. The number of halogens is 1. The molecule has 0 nitrogen and oxygen atoms in total. The predicted octanol–water partition coefficient (Wildman–Crippen LogP) is 5.88. The normalized spacial score (nSPS) is 14.0. The van der Waals surface area contributed by atoms with Gasteiger partial charge in [-0.1, -0.05) is 74.4 Å². The fraction of sp³-hybridized carbons (Fsp3) is 0.632. The molecule has 0 atom stereocenters. The van der Waals surface area contributed by atoms with Crippen LogP contribution in [0.15, 0.2) is 12.1 Å². The lowest BCUT2D eigenvalue weighted by atomic mass is 9.75. The summed E-state index contributed by atoms with van der Waals surface area (Å²) in [5.74, 6) is 0. The van der Waals surface area contributed by atoms with Gasteiger partial charge in [-0.25, -0.2) is 4.39 Å². The molecular weight excluding hydrogens is 278 g/mol. The maximum absolute atomic E-state index is 13.0. The van der Waals surface area contributed by atoms with Crippen LogP contribution in [0.2, 0.25) is 0 Å². The van der Waals surface area contributed by atoms with Crippen molar-refractivity contribution in [2.24, 2.45) is 0 Å². The Balaban J connectivity index is 3.84. The molecule has 2 heteroatoms. The zero-order valence-electron chi connectivity index (χ0n) is 15.1. The smallest absolute Gasteiger partial charge is 0.114 e. The highest BCUT2D eigenvalue weighted by atomic mass is 31.1. The van der Waals surface area contributed by atoms with Gasteiger partial charge in [0.1, 0.15) is 6.05 Å². The highest BCUT2D eigenvalue weighted by Gasteiger charge is 2.28. The average molecular weight is 308 g/mol. The van der Waals surface area contributed by atoms with Crippen molar-refractivity contribution in [2.45, 2.75) is 78.6 Å². The van der Waals surface area contributed by atoms with Gasteiger partial charge in [0, 0.05) is 5.30 Å². The van der Waals surface area contributed by atoms with E-state index in [0.717, 1.165) is 11.4 Å². The van der Waals surface area contributed by atoms with Crippen molar-refractivity contribution in [3.63, 3.8) is 0 Å². The average Bonchev–Trinajstić information content (AvgIpc) is 2.24. The first-order chi connectivity index (χ1) is 9.28. The Kier molecular flexibility index (Phi) is 5.11. The van der Waals surface area contributed by atoms with Gasteiger partial charge in [-0.3, -0.25) is 0 Å². The lowest BCUT2D eigenvalue weighted by molar-refractivity contribution is 0.554. The molecule has 1 aromatic rings. The molecule has 0 saturated heterocycles. The van der Waals surface area contributed by atoms with E-state index in [-0.39, 0.29) is 16.2 Å². The predicted molar refractivity (Wildman–Crippen MR) is 96.3 cm³/mol. The lowest BCUT2D eigenvalue weighted by Gasteiger charge is -2.32. The summed E-state index contributed by atoms with van der Waals surface area (Å²) in [4.78, 5) is 0. The fourth-order valence-corrected chi connectivity index (χ4v) is 3.57. The molecule has 0 aliphatic rings. The highest BCUT2D eigenvalue weighted by molar-refractivity contribution is 7.47. The Bertz CT molecular complexity index is 499. The second kappa shape index (κ2) is 5.84. The van der Waals surface area contributed by atoms with Crippen molar-refractivity contribution in [3.8, 4) is 0 Å². The number of hydrogen-bond donors (Lipinski definition) is 0. The molecule has 0 amide bonds. The second-order valence-corrected chi connectivity index (χ2v) is 9.80. The van der Waals surface area contributed by atoms with Gasteiger partial charge < -0.3 is 0 Å². The second-order valence-electron chi connectivity index (χ2n) is 8.90. The molecule has 0 aliphatic carbocycles. The zero-order valence-corrected chi connectivity index (χ0v) is 16.0. The summed E-state index contributed by atoms with van der Waals surface area (Å²) in [5.41, 5.74) is 3.95. The molecule has 1 rings (SSSR count). The molecule has 0 aliphatic heterocycles. The van der Waals surface area contributed by atoms with E-state index in [1.807, 2.05) is 0 Å². The summed E-state index contributed by atoms with van der Waals surface area (Å²) < 4.78 is 13.0. The van der Waals surface area contributed by atoms with Gasteiger partial charge in [-0.15, -0.1) is 0 Å². The number of rotatable bonds is 1. The molecule has 118 valence electrons. The Morgan fingerprint density at radius 3 is 1.38 bits per heavy atom. The third-order valence-corrected chi connectivity index (χ3v) is 4.61. The van der Waals surface area contributed by atoms with Crippen molar-refractivity contribution in [1.82, 2.24) is 0 Å². The molecule has 0 unspecified atom stereocenters. The topological polar surface area (TPSA) is 0 Å². The van der Waals surface area contributed by atoms with E-state index in [9.17, 15) is 4.39 Å². The Hall–Kier alpha value is -0.680. The lowest BCUT2D eigenvalue weighted by Crippen LogP contribution is -2.29. The summed E-state index contributed by atoms with van der Waals surface area (Å²) in [6.07, 6.45) is 0. The minimum Gasteiger partial charge on any atom is -0.210 e. The first kappa shape index (κ1) is 18.4. The van der Waals surface area contributed by atoms with E-state index in [0.29, 0.717) is 8.20 Å². The Morgan fingerprint density at radius 2 is 1.14 bits per heavy atom. The van der Waals surface area contributed by atoms with Crippen LogP contribution in [-0.4, -0.2) is 6.05 Å². The monoisotopic (exact) mass is 308 g/mol. The van der Waals surface area contributed by atoms with E-state index in [1.54, 1.807) is 0 Å². The van der Waals surface area contributed by atoms with Crippen LogP contribution in [-0.2, 0) is 16.2 Å². The molecule has 0 N–H and O–H groups in total. The largest absolute Gasteiger partial charge is 0.210 e. The molecule has 0 radical (unpaired) electrons. The van der Waals surface area contributed by atoms with E-state index >= 15 is 0 Å². The van der Waals surface area contributed by atoms with Crippen molar-refractivity contribution in [3.05, 3.63) is 28.8 Å². The van der Waals surface area contributed by atoms with Crippen LogP contribution in [0.25, 0.3) is 0 Å². The van der Waals surface area contributed by atoms with E-state index in [4.69, 9.17) is 0 Å².